The summed E-state index contributed by atoms with van der Waals surface area (Å²) in [4.78, 5) is 15.9. The minimum Gasteiger partial charge on any atom is -0.384 e. The Morgan fingerprint density at radius 2 is 2.11 bits per heavy atom. The van der Waals surface area contributed by atoms with E-state index in [0.29, 0.717) is 22.1 Å². The second-order valence-electron chi connectivity index (χ2n) is 3.84. The topological polar surface area (TPSA) is 68.0 Å². The molecule has 1 aromatic carbocycles. The third kappa shape index (κ3) is 2.60. The lowest BCUT2D eigenvalue weighted by molar-refractivity contribution is 0.102. The lowest BCUT2D eigenvalue weighted by Gasteiger charge is -2.08. The SMILES string of the molecule is Cc1c(Cl)cccc1C(=O)Nc1ccc(N)nc1. The van der Waals surface area contributed by atoms with Gasteiger partial charge in [0, 0.05) is 10.6 Å². The predicted molar refractivity (Wildman–Crippen MR) is 72.8 cm³/mol. The monoisotopic (exact) mass is 261 g/mol. The Balaban J connectivity index is 2.22. The fourth-order valence-corrected chi connectivity index (χ4v) is 1.71. The van der Waals surface area contributed by atoms with Gasteiger partial charge in [-0.05, 0) is 36.8 Å². The minimum absolute atomic E-state index is 0.221. The van der Waals surface area contributed by atoms with Gasteiger partial charge in [0.15, 0.2) is 0 Å². The maximum Gasteiger partial charge on any atom is 0.256 e. The summed E-state index contributed by atoms with van der Waals surface area (Å²) in [7, 11) is 0. The maximum atomic E-state index is 12.0. The molecule has 0 radical (unpaired) electrons. The highest BCUT2D eigenvalue weighted by atomic mass is 35.5. The highest BCUT2D eigenvalue weighted by Gasteiger charge is 2.11. The number of carbonyl (C=O) groups excluding carboxylic acids is 1. The Bertz CT molecular complexity index is 581. The second kappa shape index (κ2) is 5.06. The van der Waals surface area contributed by atoms with Crippen LogP contribution in [0.15, 0.2) is 36.5 Å². The van der Waals surface area contributed by atoms with Crippen molar-refractivity contribution in [2.75, 3.05) is 11.1 Å². The first-order valence-corrected chi connectivity index (χ1v) is 5.73. The highest BCUT2D eigenvalue weighted by Crippen LogP contribution is 2.19. The van der Waals surface area contributed by atoms with Crippen molar-refractivity contribution < 1.29 is 4.79 Å². The van der Waals surface area contributed by atoms with Crippen LogP contribution in [0.25, 0.3) is 0 Å². The van der Waals surface area contributed by atoms with E-state index in [1.807, 2.05) is 0 Å². The molecule has 0 fully saturated rings. The number of benzene rings is 1. The van der Waals surface area contributed by atoms with Gasteiger partial charge in [-0.25, -0.2) is 4.98 Å². The van der Waals surface area contributed by atoms with E-state index in [2.05, 4.69) is 10.3 Å². The average molecular weight is 262 g/mol. The number of amides is 1. The zero-order chi connectivity index (χ0) is 13.1. The number of pyridine rings is 1. The number of nitrogens with zero attached hydrogens (tertiary/aromatic N) is 1. The zero-order valence-electron chi connectivity index (χ0n) is 9.77. The van der Waals surface area contributed by atoms with Gasteiger partial charge in [0.1, 0.15) is 5.82 Å². The molecule has 0 unspecified atom stereocenters. The number of nitrogens with one attached hydrogen (secondary N) is 1. The number of anilines is 2. The van der Waals surface area contributed by atoms with Crippen molar-refractivity contribution in [3.8, 4) is 0 Å². The number of rotatable bonds is 2. The van der Waals surface area contributed by atoms with Crippen LogP contribution < -0.4 is 11.1 Å². The molecule has 4 nitrogen and oxygen atoms in total. The summed E-state index contributed by atoms with van der Waals surface area (Å²) < 4.78 is 0. The standard InChI is InChI=1S/C13H12ClN3O/c1-8-10(3-2-4-11(8)14)13(18)17-9-5-6-12(15)16-7-9/h2-7H,1H3,(H2,15,16)(H,17,18). The van der Waals surface area contributed by atoms with Gasteiger partial charge in [0.2, 0.25) is 0 Å². The molecular weight excluding hydrogens is 250 g/mol. The minimum atomic E-state index is -0.221. The van der Waals surface area contributed by atoms with Gasteiger partial charge < -0.3 is 11.1 Å². The molecule has 1 amide bonds. The van der Waals surface area contributed by atoms with E-state index in [1.165, 1.54) is 6.20 Å². The lowest BCUT2D eigenvalue weighted by atomic mass is 10.1. The Hall–Kier alpha value is -2.07. The number of halogens is 1. The van der Waals surface area contributed by atoms with Crippen LogP contribution in [-0.4, -0.2) is 10.9 Å². The molecule has 3 N–H and O–H groups in total. The van der Waals surface area contributed by atoms with Crippen LogP contribution in [0.2, 0.25) is 5.02 Å². The van der Waals surface area contributed by atoms with Gasteiger partial charge in [-0.1, -0.05) is 17.7 Å². The fraction of sp³-hybridized carbons (Fsp3) is 0.0769. The molecule has 0 aliphatic rings. The summed E-state index contributed by atoms with van der Waals surface area (Å²) in [5.74, 6) is 0.188. The molecule has 0 aliphatic carbocycles. The van der Waals surface area contributed by atoms with E-state index in [-0.39, 0.29) is 5.91 Å². The smallest absolute Gasteiger partial charge is 0.256 e. The molecule has 0 atom stereocenters. The third-order valence-electron chi connectivity index (χ3n) is 2.56. The molecule has 0 bridgehead atoms. The lowest BCUT2D eigenvalue weighted by Crippen LogP contribution is -2.13. The van der Waals surface area contributed by atoms with Crippen molar-refractivity contribution in [3.05, 3.63) is 52.7 Å². The number of nitrogen functional groups attached to an aromatic ring is 1. The van der Waals surface area contributed by atoms with Crippen LogP contribution in [-0.2, 0) is 0 Å². The van der Waals surface area contributed by atoms with E-state index in [1.54, 1.807) is 37.3 Å². The Labute approximate surface area is 110 Å². The van der Waals surface area contributed by atoms with Crippen molar-refractivity contribution in [2.45, 2.75) is 6.92 Å². The molecule has 1 heterocycles. The van der Waals surface area contributed by atoms with Crippen LogP contribution in [0.4, 0.5) is 11.5 Å². The van der Waals surface area contributed by atoms with Crippen LogP contribution in [0.3, 0.4) is 0 Å². The molecular formula is C13H12ClN3O. The molecule has 0 saturated carbocycles. The molecule has 18 heavy (non-hydrogen) atoms. The van der Waals surface area contributed by atoms with E-state index < -0.39 is 0 Å². The molecule has 2 rings (SSSR count). The molecule has 0 saturated heterocycles. The van der Waals surface area contributed by atoms with Crippen molar-refractivity contribution >= 4 is 29.0 Å². The average Bonchev–Trinajstić information content (AvgIpc) is 2.35. The van der Waals surface area contributed by atoms with Gasteiger partial charge >= 0.3 is 0 Å². The Morgan fingerprint density at radius 1 is 1.33 bits per heavy atom. The number of hydrogen-bond acceptors (Lipinski definition) is 3. The first-order chi connectivity index (χ1) is 8.58. The molecule has 0 spiro atoms. The van der Waals surface area contributed by atoms with Crippen LogP contribution >= 0.6 is 11.6 Å². The molecule has 5 heteroatoms. The van der Waals surface area contributed by atoms with Gasteiger partial charge in [-0.3, -0.25) is 4.79 Å². The molecule has 0 aliphatic heterocycles. The molecule has 1 aromatic heterocycles. The first kappa shape index (κ1) is 12.4. The van der Waals surface area contributed by atoms with Crippen LogP contribution in [0.5, 0.6) is 0 Å². The van der Waals surface area contributed by atoms with E-state index in [0.717, 1.165) is 5.56 Å². The summed E-state index contributed by atoms with van der Waals surface area (Å²) in [5, 5.41) is 3.31. The zero-order valence-corrected chi connectivity index (χ0v) is 10.5. The third-order valence-corrected chi connectivity index (χ3v) is 2.97. The van der Waals surface area contributed by atoms with Crippen molar-refractivity contribution in [1.82, 2.24) is 4.98 Å². The summed E-state index contributed by atoms with van der Waals surface area (Å²) in [6, 6.07) is 8.53. The summed E-state index contributed by atoms with van der Waals surface area (Å²) >= 11 is 5.97. The molecule has 2 aromatic rings. The normalized spacial score (nSPS) is 10.1. The fourth-order valence-electron chi connectivity index (χ4n) is 1.53. The maximum absolute atomic E-state index is 12.0. The van der Waals surface area contributed by atoms with Gasteiger partial charge in [-0.2, -0.15) is 0 Å². The highest BCUT2D eigenvalue weighted by molar-refractivity contribution is 6.32. The van der Waals surface area contributed by atoms with E-state index in [4.69, 9.17) is 17.3 Å². The van der Waals surface area contributed by atoms with Crippen molar-refractivity contribution in [2.24, 2.45) is 0 Å². The number of aromatic nitrogens is 1. The van der Waals surface area contributed by atoms with Crippen LogP contribution in [0.1, 0.15) is 15.9 Å². The van der Waals surface area contributed by atoms with E-state index in [9.17, 15) is 4.79 Å². The summed E-state index contributed by atoms with van der Waals surface area (Å²) in [5.41, 5.74) is 7.35. The number of hydrogen-bond donors (Lipinski definition) is 2. The van der Waals surface area contributed by atoms with Gasteiger partial charge in [0.25, 0.3) is 5.91 Å². The Morgan fingerprint density at radius 3 is 2.78 bits per heavy atom. The Kier molecular flexibility index (Phi) is 3.48. The quantitative estimate of drug-likeness (QED) is 0.873. The second-order valence-corrected chi connectivity index (χ2v) is 4.25. The predicted octanol–water partition coefficient (Wildman–Crippen LogP) is 2.88. The van der Waals surface area contributed by atoms with E-state index >= 15 is 0 Å². The molecule has 92 valence electrons. The summed E-state index contributed by atoms with van der Waals surface area (Å²) in [6.45, 7) is 1.80. The van der Waals surface area contributed by atoms with Crippen molar-refractivity contribution in [1.29, 1.82) is 0 Å². The first-order valence-electron chi connectivity index (χ1n) is 5.36. The number of nitrogens with two attached hydrogens (primary N) is 1. The number of carbonyl (C=O) groups is 1. The summed E-state index contributed by atoms with van der Waals surface area (Å²) in [6.07, 6.45) is 1.51. The van der Waals surface area contributed by atoms with Crippen LogP contribution in [0, 0.1) is 6.92 Å². The largest absolute Gasteiger partial charge is 0.384 e. The van der Waals surface area contributed by atoms with Crippen molar-refractivity contribution in [3.63, 3.8) is 0 Å². The van der Waals surface area contributed by atoms with Gasteiger partial charge in [0.05, 0.1) is 11.9 Å². The van der Waals surface area contributed by atoms with Gasteiger partial charge in [-0.15, -0.1) is 0 Å².